The predicted molar refractivity (Wildman–Crippen MR) is 119 cm³/mol. The topological polar surface area (TPSA) is 121 Å². The van der Waals surface area contributed by atoms with Gasteiger partial charge in [0.05, 0.1) is 21.2 Å². The lowest BCUT2D eigenvalue weighted by molar-refractivity contribution is 0.256. The van der Waals surface area contributed by atoms with Crippen LogP contribution in [0.5, 0.6) is 0 Å². The maximum atomic E-state index is 12.7. The maximum Gasteiger partial charge on any atom is 0.333 e. The minimum atomic E-state index is -4.09. The number of nitrogens with one attached hydrogen (secondary N) is 3. The molecule has 0 atom stereocenters. The van der Waals surface area contributed by atoms with Crippen molar-refractivity contribution in [1.82, 2.24) is 4.72 Å². The Morgan fingerprint density at radius 2 is 1.10 bits per heavy atom. The lowest BCUT2D eigenvalue weighted by atomic mass is 10.2. The van der Waals surface area contributed by atoms with Gasteiger partial charge in [0.15, 0.2) is 0 Å². The summed E-state index contributed by atoms with van der Waals surface area (Å²) in [5.41, 5.74) is 1.96. The number of benzene rings is 3. The highest BCUT2D eigenvalue weighted by atomic mass is 32.2. The third-order valence-electron chi connectivity index (χ3n) is 4.31. The number of hydrogen-bond donors (Lipinski definition) is 3. The Morgan fingerprint density at radius 3 is 1.61 bits per heavy atom. The second-order valence-corrected chi connectivity index (χ2v) is 10.2. The SMILES string of the molecule is Cc1ccc(S(=O)(=O)NC(=O)Nc2ccccc2NS(=O)(=O)c2ccc(C)cc2)cc1. The van der Waals surface area contributed by atoms with Gasteiger partial charge in [-0.25, -0.2) is 26.4 Å². The van der Waals surface area contributed by atoms with Crippen LogP contribution in [0.25, 0.3) is 0 Å². The summed E-state index contributed by atoms with van der Waals surface area (Å²) >= 11 is 0. The average Bonchev–Trinajstić information content (AvgIpc) is 2.69. The molecule has 0 saturated heterocycles. The van der Waals surface area contributed by atoms with Crippen LogP contribution in [0.3, 0.4) is 0 Å². The lowest BCUT2D eigenvalue weighted by Gasteiger charge is -2.14. The number of carbonyl (C=O) groups is 1. The van der Waals surface area contributed by atoms with Gasteiger partial charge in [0.2, 0.25) is 0 Å². The molecule has 0 bridgehead atoms. The quantitative estimate of drug-likeness (QED) is 0.520. The van der Waals surface area contributed by atoms with Crippen molar-refractivity contribution in [2.75, 3.05) is 10.0 Å². The third-order valence-corrected chi connectivity index (χ3v) is 7.04. The van der Waals surface area contributed by atoms with E-state index in [4.69, 9.17) is 0 Å². The van der Waals surface area contributed by atoms with Crippen LogP contribution in [-0.2, 0) is 20.0 Å². The molecule has 0 aliphatic rings. The summed E-state index contributed by atoms with van der Waals surface area (Å²) in [7, 11) is -8.00. The molecule has 0 aromatic heterocycles. The van der Waals surface area contributed by atoms with Crippen molar-refractivity contribution in [2.24, 2.45) is 0 Å². The minimum absolute atomic E-state index is 0.0549. The standard InChI is InChI=1S/C21H21N3O5S2/c1-15-7-11-17(12-8-15)30(26,27)23-20-6-4-3-5-19(20)22-21(25)24-31(28,29)18-13-9-16(2)10-14-18/h3-14,23H,1-2H3,(H2,22,24,25). The van der Waals surface area contributed by atoms with Crippen molar-refractivity contribution in [2.45, 2.75) is 23.6 Å². The van der Waals surface area contributed by atoms with Gasteiger partial charge in [0, 0.05) is 0 Å². The Morgan fingerprint density at radius 1 is 0.645 bits per heavy atom. The Labute approximate surface area is 181 Å². The summed E-state index contributed by atoms with van der Waals surface area (Å²) in [4.78, 5) is 12.3. The number of sulfonamides is 2. The Hall–Kier alpha value is -3.37. The number of aryl methyl sites for hydroxylation is 2. The highest BCUT2D eigenvalue weighted by Gasteiger charge is 2.20. The van der Waals surface area contributed by atoms with E-state index in [1.807, 2.05) is 18.6 Å². The normalized spacial score (nSPS) is 11.5. The van der Waals surface area contributed by atoms with Gasteiger partial charge in [-0.3, -0.25) is 4.72 Å². The molecular formula is C21H21N3O5S2. The van der Waals surface area contributed by atoms with Crippen molar-refractivity contribution in [3.8, 4) is 0 Å². The van der Waals surface area contributed by atoms with Crippen LogP contribution < -0.4 is 14.8 Å². The number of anilines is 2. The first-order valence-corrected chi connectivity index (χ1v) is 12.1. The number of amides is 2. The van der Waals surface area contributed by atoms with E-state index in [1.165, 1.54) is 36.4 Å². The molecule has 0 radical (unpaired) electrons. The predicted octanol–water partition coefficient (Wildman–Crippen LogP) is 3.61. The fourth-order valence-corrected chi connectivity index (χ4v) is 4.64. The summed E-state index contributed by atoms with van der Waals surface area (Å²) in [6.07, 6.45) is 0. The zero-order valence-corrected chi connectivity index (χ0v) is 18.4. The van der Waals surface area contributed by atoms with Crippen LogP contribution in [0.2, 0.25) is 0 Å². The van der Waals surface area contributed by atoms with Crippen molar-refractivity contribution in [3.63, 3.8) is 0 Å². The summed E-state index contributed by atoms with van der Waals surface area (Å²) in [5.74, 6) is 0. The van der Waals surface area contributed by atoms with Gasteiger partial charge < -0.3 is 5.32 Å². The van der Waals surface area contributed by atoms with Crippen LogP contribution in [-0.4, -0.2) is 22.9 Å². The Bertz CT molecular complexity index is 1300. The zero-order valence-electron chi connectivity index (χ0n) is 16.8. The van der Waals surface area contributed by atoms with Crippen molar-refractivity contribution in [1.29, 1.82) is 0 Å². The molecule has 0 spiro atoms. The number of rotatable bonds is 6. The second kappa shape index (κ2) is 8.78. The van der Waals surface area contributed by atoms with Gasteiger partial charge in [-0.15, -0.1) is 0 Å². The highest BCUT2D eigenvalue weighted by molar-refractivity contribution is 7.92. The molecule has 8 nitrogen and oxygen atoms in total. The van der Waals surface area contributed by atoms with E-state index < -0.39 is 26.1 Å². The van der Waals surface area contributed by atoms with E-state index in [0.29, 0.717) is 0 Å². The molecule has 0 fully saturated rings. The van der Waals surface area contributed by atoms with Crippen LogP contribution in [0.15, 0.2) is 82.6 Å². The number of urea groups is 1. The lowest BCUT2D eigenvalue weighted by Crippen LogP contribution is -2.34. The molecule has 3 aromatic carbocycles. The van der Waals surface area contributed by atoms with Gasteiger partial charge in [0.1, 0.15) is 0 Å². The minimum Gasteiger partial charge on any atom is -0.305 e. The molecule has 31 heavy (non-hydrogen) atoms. The first kappa shape index (κ1) is 22.3. The summed E-state index contributed by atoms with van der Waals surface area (Å²) in [6, 6.07) is 17.3. The van der Waals surface area contributed by atoms with E-state index in [2.05, 4.69) is 10.0 Å². The number of hydrogen-bond acceptors (Lipinski definition) is 5. The van der Waals surface area contributed by atoms with E-state index in [9.17, 15) is 21.6 Å². The highest BCUT2D eigenvalue weighted by Crippen LogP contribution is 2.24. The first-order chi connectivity index (χ1) is 14.6. The molecule has 162 valence electrons. The van der Waals surface area contributed by atoms with E-state index >= 15 is 0 Å². The second-order valence-electron chi connectivity index (χ2n) is 6.84. The monoisotopic (exact) mass is 459 g/mol. The smallest absolute Gasteiger partial charge is 0.305 e. The summed E-state index contributed by atoms with van der Waals surface area (Å²) in [6.45, 7) is 3.65. The zero-order chi connectivity index (χ0) is 22.6. The summed E-state index contributed by atoms with van der Waals surface area (Å²) in [5, 5.41) is 2.37. The first-order valence-electron chi connectivity index (χ1n) is 9.16. The van der Waals surface area contributed by atoms with Crippen LogP contribution >= 0.6 is 0 Å². The fraction of sp³-hybridized carbons (Fsp3) is 0.0952. The van der Waals surface area contributed by atoms with Gasteiger partial charge in [-0.05, 0) is 50.2 Å². The Kier molecular flexibility index (Phi) is 6.32. The average molecular weight is 460 g/mol. The van der Waals surface area contributed by atoms with Crippen LogP contribution in [0, 0.1) is 13.8 Å². The molecule has 0 unspecified atom stereocenters. The third kappa shape index (κ3) is 5.62. The molecule has 2 amide bonds. The van der Waals surface area contributed by atoms with Crippen LogP contribution in [0.4, 0.5) is 16.2 Å². The van der Waals surface area contributed by atoms with E-state index in [-0.39, 0.29) is 21.2 Å². The van der Waals surface area contributed by atoms with Gasteiger partial charge >= 0.3 is 6.03 Å². The molecule has 0 saturated carbocycles. The molecule has 3 rings (SSSR count). The van der Waals surface area contributed by atoms with Gasteiger partial charge in [0.25, 0.3) is 20.0 Å². The van der Waals surface area contributed by atoms with Gasteiger partial charge in [-0.2, -0.15) is 0 Å². The van der Waals surface area contributed by atoms with E-state index in [1.54, 1.807) is 36.4 Å². The maximum absolute atomic E-state index is 12.7. The van der Waals surface area contributed by atoms with Gasteiger partial charge in [-0.1, -0.05) is 47.5 Å². The number of carbonyl (C=O) groups excluding carboxylic acids is 1. The molecule has 10 heteroatoms. The molecule has 0 aliphatic carbocycles. The summed E-state index contributed by atoms with van der Waals surface area (Å²) < 4.78 is 54.4. The molecular weight excluding hydrogens is 438 g/mol. The molecule has 3 N–H and O–H groups in total. The molecule has 3 aromatic rings. The number of para-hydroxylation sites is 2. The van der Waals surface area contributed by atoms with Crippen LogP contribution in [0.1, 0.15) is 11.1 Å². The molecule has 0 aliphatic heterocycles. The molecule has 0 heterocycles. The van der Waals surface area contributed by atoms with Crippen molar-refractivity contribution in [3.05, 3.63) is 83.9 Å². The van der Waals surface area contributed by atoms with Crippen molar-refractivity contribution >= 4 is 37.5 Å². The Balaban J connectivity index is 1.78. The largest absolute Gasteiger partial charge is 0.333 e. The van der Waals surface area contributed by atoms with Crippen molar-refractivity contribution < 1.29 is 21.6 Å². The fourth-order valence-electron chi connectivity index (χ4n) is 2.65. The van der Waals surface area contributed by atoms with E-state index in [0.717, 1.165) is 11.1 Å².